The second-order valence-electron chi connectivity index (χ2n) is 3.49. The summed E-state index contributed by atoms with van der Waals surface area (Å²) in [5, 5.41) is 0.815. The summed E-state index contributed by atoms with van der Waals surface area (Å²) in [6, 6.07) is 0. The van der Waals surface area contributed by atoms with Gasteiger partial charge < -0.3 is 5.73 Å². The lowest BCUT2D eigenvalue weighted by Crippen LogP contribution is -2.26. The van der Waals surface area contributed by atoms with Gasteiger partial charge in [-0.05, 0) is 5.92 Å². The van der Waals surface area contributed by atoms with E-state index < -0.39 is 0 Å². The second-order valence-corrected chi connectivity index (χ2v) is 4.14. The minimum atomic E-state index is 0.0617. The van der Waals surface area contributed by atoms with E-state index in [1.165, 1.54) is 6.20 Å². The molecule has 1 saturated heterocycles. The first-order chi connectivity index (χ1) is 7.22. The van der Waals surface area contributed by atoms with Crippen molar-refractivity contribution in [3.05, 3.63) is 12.4 Å². The van der Waals surface area contributed by atoms with Crippen LogP contribution in [0.3, 0.4) is 0 Å². The highest BCUT2D eigenvalue weighted by atomic mass is 79.9. The summed E-state index contributed by atoms with van der Waals surface area (Å²) in [4.78, 5) is 21.3. The molecule has 15 heavy (non-hydrogen) atoms. The average Bonchev–Trinajstić information content (AvgIpc) is 2.60. The standard InChI is InChI=1S/C9H11BrN4O/c10-4-6-3-7(15)14(5-6)9-8(11)12-1-2-13-9/h1-2,6H,3-5H2,(H2,11,12). The van der Waals surface area contributed by atoms with Crippen molar-refractivity contribution in [3.63, 3.8) is 0 Å². The van der Waals surface area contributed by atoms with Crippen LogP contribution in [0, 0.1) is 5.92 Å². The largest absolute Gasteiger partial charge is 0.381 e. The molecule has 0 aliphatic carbocycles. The SMILES string of the molecule is Nc1nccnc1N1CC(CBr)CC1=O. The number of carbonyl (C=O) groups excluding carboxylic acids is 1. The smallest absolute Gasteiger partial charge is 0.228 e. The van der Waals surface area contributed by atoms with E-state index in [1.54, 1.807) is 11.1 Å². The maximum atomic E-state index is 11.7. The number of aromatic nitrogens is 2. The van der Waals surface area contributed by atoms with Gasteiger partial charge in [0, 0.05) is 30.7 Å². The van der Waals surface area contributed by atoms with E-state index in [1.807, 2.05) is 0 Å². The fourth-order valence-corrected chi connectivity index (χ4v) is 2.07. The third-order valence-electron chi connectivity index (χ3n) is 2.39. The van der Waals surface area contributed by atoms with Crippen LogP contribution in [0.15, 0.2) is 12.4 Å². The molecule has 1 unspecified atom stereocenters. The summed E-state index contributed by atoms with van der Waals surface area (Å²) in [5.74, 6) is 1.18. The van der Waals surface area contributed by atoms with Gasteiger partial charge in [0.1, 0.15) is 0 Å². The number of hydrogen-bond donors (Lipinski definition) is 1. The van der Waals surface area contributed by atoms with Crippen LogP contribution in [0.4, 0.5) is 11.6 Å². The Morgan fingerprint density at radius 2 is 2.27 bits per heavy atom. The maximum absolute atomic E-state index is 11.7. The van der Waals surface area contributed by atoms with E-state index in [-0.39, 0.29) is 5.91 Å². The molecule has 1 aliphatic heterocycles. The highest BCUT2D eigenvalue weighted by Crippen LogP contribution is 2.26. The number of amides is 1. The highest BCUT2D eigenvalue weighted by Gasteiger charge is 2.31. The van der Waals surface area contributed by atoms with Gasteiger partial charge in [-0.3, -0.25) is 9.69 Å². The molecule has 1 aliphatic rings. The van der Waals surface area contributed by atoms with Crippen molar-refractivity contribution >= 4 is 33.5 Å². The number of nitrogens with two attached hydrogens (primary N) is 1. The van der Waals surface area contributed by atoms with Crippen molar-refractivity contribution < 1.29 is 4.79 Å². The molecular formula is C9H11BrN4O. The van der Waals surface area contributed by atoms with Gasteiger partial charge in [0.15, 0.2) is 11.6 Å². The van der Waals surface area contributed by atoms with Crippen molar-refractivity contribution in [2.75, 3.05) is 22.5 Å². The molecule has 80 valence electrons. The molecule has 1 atom stereocenters. The number of hydrogen-bond acceptors (Lipinski definition) is 4. The van der Waals surface area contributed by atoms with Crippen LogP contribution in [0.2, 0.25) is 0 Å². The van der Waals surface area contributed by atoms with Gasteiger partial charge in [-0.25, -0.2) is 9.97 Å². The Labute approximate surface area is 95.8 Å². The predicted octanol–water partition coefficient (Wildman–Crippen LogP) is 0.807. The number of rotatable bonds is 2. The molecule has 0 saturated carbocycles. The number of nitrogens with zero attached hydrogens (tertiary/aromatic N) is 3. The first kappa shape index (κ1) is 10.4. The van der Waals surface area contributed by atoms with Gasteiger partial charge in [-0.1, -0.05) is 15.9 Å². The minimum absolute atomic E-state index is 0.0617. The summed E-state index contributed by atoms with van der Waals surface area (Å²) in [6.45, 7) is 0.660. The summed E-state index contributed by atoms with van der Waals surface area (Å²) in [7, 11) is 0. The molecule has 2 heterocycles. The molecule has 1 fully saturated rings. The Kier molecular flexibility index (Phi) is 2.86. The molecule has 2 rings (SSSR count). The van der Waals surface area contributed by atoms with Crippen LogP contribution in [0.25, 0.3) is 0 Å². The third-order valence-corrected chi connectivity index (χ3v) is 3.30. The molecule has 0 aromatic carbocycles. The molecule has 0 bridgehead atoms. The zero-order valence-corrected chi connectivity index (χ0v) is 9.64. The molecule has 1 aromatic heterocycles. The van der Waals surface area contributed by atoms with E-state index in [2.05, 4.69) is 25.9 Å². The van der Waals surface area contributed by atoms with E-state index in [0.29, 0.717) is 30.5 Å². The first-order valence-corrected chi connectivity index (χ1v) is 5.77. The van der Waals surface area contributed by atoms with E-state index in [9.17, 15) is 4.79 Å². The Bertz CT molecular complexity index is 384. The van der Waals surface area contributed by atoms with Gasteiger partial charge in [0.2, 0.25) is 5.91 Å². The molecule has 6 heteroatoms. The lowest BCUT2D eigenvalue weighted by atomic mass is 10.2. The fraction of sp³-hybridized carbons (Fsp3) is 0.444. The van der Waals surface area contributed by atoms with Gasteiger partial charge in [0.05, 0.1) is 0 Å². The van der Waals surface area contributed by atoms with E-state index in [0.717, 1.165) is 5.33 Å². The zero-order chi connectivity index (χ0) is 10.8. The van der Waals surface area contributed by atoms with Crippen LogP contribution in [0.5, 0.6) is 0 Å². The highest BCUT2D eigenvalue weighted by molar-refractivity contribution is 9.09. The number of alkyl halides is 1. The topological polar surface area (TPSA) is 72.1 Å². The van der Waals surface area contributed by atoms with Crippen LogP contribution in [-0.4, -0.2) is 27.7 Å². The minimum Gasteiger partial charge on any atom is -0.381 e. The van der Waals surface area contributed by atoms with E-state index in [4.69, 9.17) is 5.73 Å². The monoisotopic (exact) mass is 270 g/mol. The van der Waals surface area contributed by atoms with Crippen LogP contribution < -0.4 is 10.6 Å². The molecule has 2 N–H and O–H groups in total. The Balaban J connectivity index is 2.25. The molecule has 1 amide bonds. The molecule has 0 spiro atoms. The van der Waals surface area contributed by atoms with Crippen molar-refractivity contribution in [3.8, 4) is 0 Å². The summed E-state index contributed by atoms with van der Waals surface area (Å²) in [5.41, 5.74) is 5.67. The lowest BCUT2D eigenvalue weighted by Gasteiger charge is -2.15. The Hall–Kier alpha value is -1.17. The quantitative estimate of drug-likeness (QED) is 0.808. The van der Waals surface area contributed by atoms with Crippen LogP contribution in [-0.2, 0) is 4.79 Å². The second kappa shape index (κ2) is 4.14. The average molecular weight is 271 g/mol. The number of nitrogen functional groups attached to an aromatic ring is 1. The van der Waals surface area contributed by atoms with Gasteiger partial charge in [-0.15, -0.1) is 0 Å². The molecule has 5 nitrogen and oxygen atoms in total. The molecule has 1 aromatic rings. The van der Waals surface area contributed by atoms with Gasteiger partial charge in [-0.2, -0.15) is 0 Å². The normalized spacial score (nSPS) is 21.0. The summed E-state index contributed by atoms with van der Waals surface area (Å²) in [6.07, 6.45) is 3.60. The van der Waals surface area contributed by atoms with Gasteiger partial charge >= 0.3 is 0 Å². The van der Waals surface area contributed by atoms with Gasteiger partial charge in [0.25, 0.3) is 0 Å². The van der Waals surface area contributed by atoms with Crippen LogP contribution in [0.1, 0.15) is 6.42 Å². The van der Waals surface area contributed by atoms with E-state index >= 15 is 0 Å². The zero-order valence-electron chi connectivity index (χ0n) is 8.06. The Morgan fingerprint density at radius 1 is 1.53 bits per heavy atom. The Morgan fingerprint density at radius 3 is 2.87 bits per heavy atom. The maximum Gasteiger partial charge on any atom is 0.228 e. The number of halogens is 1. The number of carbonyl (C=O) groups is 1. The third kappa shape index (κ3) is 1.94. The van der Waals surface area contributed by atoms with Crippen molar-refractivity contribution in [2.24, 2.45) is 5.92 Å². The summed E-state index contributed by atoms with van der Waals surface area (Å²) >= 11 is 3.38. The first-order valence-electron chi connectivity index (χ1n) is 4.65. The van der Waals surface area contributed by atoms with Crippen LogP contribution >= 0.6 is 15.9 Å². The molecule has 0 radical (unpaired) electrons. The number of anilines is 2. The lowest BCUT2D eigenvalue weighted by molar-refractivity contribution is -0.117. The van der Waals surface area contributed by atoms with Crippen molar-refractivity contribution in [1.82, 2.24) is 9.97 Å². The predicted molar refractivity (Wildman–Crippen MR) is 60.7 cm³/mol. The molecular weight excluding hydrogens is 260 g/mol. The van der Waals surface area contributed by atoms with Crippen molar-refractivity contribution in [1.29, 1.82) is 0 Å². The summed E-state index contributed by atoms with van der Waals surface area (Å²) < 4.78 is 0. The fourth-order valence-electron chi connectivity index (χ4n) is 1.64. The van der Waals surface area contributed by atoms with Crippen molar-refractivity contribution in [2.45, 2.75) is 6.42 Å².